The van der Waals surface area contributed by atoms with Gasteiger partial charge in [0.2, 0.25) is 0 Å². The van der Waals surface area contributed by atoms with E-state index in [0.717, 1.165) is 23.5 Å². The van der Waals surface area contributed by atoms with Gasteiger partial charge in [-0.05, 0) is 50.1 Å². The molecule has 0 fully saturated rings. The fourth-order valence-corrected chi connectivity index (χ4v) is 2.49. The third kappa shape index (κ3) is 6.75. The van der Waals surface area contributed by atoms with Crippen molar-refractivity contribution in [1.82, 2.24) is 10.6 Å². The lowest BCUT2D eigenvalue weighted by atomic mass is 10.1. The summed E-state index contributed by atoms with van der Waals surface area (Å²) in [6.07, 6.45) is 0.627. The average Bonchev–Trinajstić information content (AvgIpc) is 2.61. The van der Waals surface area contributed by atoms with Crippen molar-refractivity contribution in [2.45, 2.75) is 32.4 Å². The molecule has 2 aromatic carbocycles. The van der Waals surface area contributed by atoms with Gasteiger partial charge in [0.1, 0.15) is 17.6 Å². The predicted octanol–water partition coefficient (Wildman–Crippen LogP) is 3.39. The van der Waals surface area contributed by atoms with Crippen LogP contribution in [0.3, 0.4) is 0 Å². The van der Waals surface area contributed by atoms with E-state index < -0.39 is 0 Å². The number of urea groups is 1. The monoisotopic (exact) mass is 342 g/mol. The summed E-state index contributed by atoms with van der Waals surface area (Å²) in [6, 6.07) is 17.2. The summed E-state index contributed by atoms with van der Waals surface area (Å²) in [7, 11) is 1.65. The minimum absolute atomic E-state index is 0.0115. The molecule has 0 aromatic heterocycles. The molecule has 2 amide bonds. The zero-order valence-electron chi connectivity index (χ0n) is 15.0. The second kappa shape index (κ2) is 9.57. The number of hydrogen-bond acceptors (Lipinski definition) is 3. The number of carbonyl (C=O) groups excluding carboxylic acids is 1. The molecule has 0 aliphatic heterocycles. The number of hydrogen-bond donors (Lipinski definition) is 2. The zero-order chi connectivity index (χ0) is 18.1. The number of nitrogens with one attached hydrogen (secondary N) is 2. The Morgan fingerprint density at radius 1 is 1.04 bits per heavy atom. The van der Waals surface area contributed by atoms with E-state index in [0.29, 0.717) is 6.54 Å². The topological polar surface area (TPSA) is 59.6 Å². The van der Waals surface area contributed by atoms with Gasteiger partial charge in [0, 0.05) is 6.04 Å². The van der Waals surface area contributed by atoms with Gasteiger partial charge >= 0.3 is 6.03 Å². The van der Waals surface area contributed by atoms with Crippen LogP contribution in [0, 0.1) is 0 Å². The van der Waals surface area contributed by atoms with Crippen LogP contribution in [-0.4, -0.2) is 31.8 Å². The summed E-state index contributed by atoms with van der Waals surface area (Å²) in [5.41, 5.74) is 1.12. The second-order valence-corrected chi connectivity index (χ2v) is 6.05. The maximum Gasteiger partial charge on any atom is 0.315 e. The van der Waals surface area contributed by atoms with Crippen LogP contribution in [0.15, 0.2) is 54.6 Å². The van der Waals surface area contributed by atoms with Crippen LogP contribution in [0.5, 0.6) is 11.5 Å². The highest BCUT2D eigenvalue weighted by Gasteiger charge is 2.10. The van der Waals surface area contributed by atoms with Crippen LogP contribution in [0.4, 0.5) is 4.79 Å². The van der Waals surface area contributed by atoms with Crippen LogP contribution >= 0.6 is 0 Å². The van der Waals surface area contributed by atoms with Gasteiger partial charge in [0.25, 0.3) is 0 Å². The molecule has 0 aliphatic carbocycles. The van der Waals surface area contributed by atoms with Gasteiger partial charge in [-0.15, -0.1) is 0 Å². The van der Waals surface area contributed by atoms with Crippen molar-refractivity contribution >= 4 is 6.03 Å². The van der Waals surface area contributed by atoms with Crippen molar-refractivity contribution in [3.63, 3.8) is 0 Å². The van der Waals surface area contributed by atoms with Crippen LogP contribution in [0.1, 0.15) is 19.4 Å². The van der Waals surface area contributed by atoms with Gasteiger partial charge in [0.15, 0.2) is 0 Å². The molecule has 2 atom stereocenters. The molecule has 5 heteroatoms. The van der Waals surface area contributed by atoms with Crippen molar-refractivity contribution in [2.24, 2.45) is 0 Å². The van der Waals surface area contributed by atoms with E-state index in [9.17, 15) is 4.79 Å². The smallest absolute Gasteiger partial charge is 0.315 e. The molecule has 2 unspecified atom stereocenters. The number of ether oxygens (including phenoxy) is 2. The normalized spacial score (nSPS) is 12.8. The Hall–Kier alpha value is -2.69. The van der Waals surface area contributed by atoms with Gasteiger partial charge in [-0.2, -0.15) is 0 Å². The van der Waals surface area contributed by atoms with Crippen molar-refractivity contribution in [1.29, 1.82) is 0 Å². The van der Waals surface area contributed by atoms with E-state index >= 15 is 0 Å². The lowest BCUT2D eigenvalue weighted by molar-refractivity contribution is 0.206. The summed E-state index contributed by atoms with van der Waals surface area (Å²) >= 11 is 0. The van der Waals surface area contributed by atoms with Gasteiger partial charge in [0.05, 0.1) is 13.7 Å². The molecule has 134 valence electrons. The molecule has 2 N–H and O–H groups in total. The van der Waals surface area contributed by atoms with Crippen molar-refractivity contribution in [3.05, 3.63) is 60.2 Å². The largest absolute Gasteiger partial charge is 0.497 e. The van der Waals surface area contributed by atoms with Gasteiger partial charge in [-0.25, -0.2) is 4.79 Å². The Labute approximate surface area is 149 Å². The van der Waals surface area contributed by atoms with Gasteiger partial charge in [-0.1, -0.05) is 30.3 Å². The number of amides is 2. The zero-order valence-corrected chi connectivity index (χ0v) is 15.0. The number of benzene rings is 2. The van der Waals surface area contributed by atoms with Crippen molar-refractivity contribution < 1.29 is 14.3 Å². The molecular formula is C20H26N2O3. The van der Waals surface area contributed by atoms with E-state index in [1.807, 2.05) is 68.4 Å². The molecule has 0 spiro atoms. The summed E-state index contributed by atoms with van der Waals surface area (Å²) in [6.45, 7) is 4.34. The van der Waals surface area contributed by atoms with E-state index in [1.54, 1.807) is 7.11 Å². The highest BCUT2D eigenvalue weighted by Crippen LogP contribution is 2.14. The third-order valence-corrected chi connectivity index (χ3v) is 3.68. The first-order valence-corrected chi connectivity index (χ1v) is 8.46. The molecule has 0 saturated carbocycles. The Morgan fingerprint density at radius 3 is 2.48 bits per heavy atom. The van der Waals surface area contributed by atoms with Gasteiger partial charge < -0.3 is 20.1 Å². The standard InChI is InChI=1S/C20H26N2O3/c1-15(12-17-8-7-11-19(13-17)24-3)22-20(23)21-14-16(2)25-18-9-5-4-6-10-18/h4-11,13,15-16H,12,14H2,1-3H3,(H2,21,22,23). The maximum atomic E-state index is 12.0. The summed E-state index contributed by atoms with van der Waals surface area (Å²) in [5.74, 6) is 1.62. The van der Waals surface area contributed by atoms with Crippen LogP contribution in [0.2, 0.25) is 0 Å². The van der Waals surface area contributed by atoms with Crippen LogP contribution in [-0.2, 0) is 6.42 Å². The number of methoxy groups -OCH3 is 1. The SMILES string of the molecule is COc1cccc(CC(C)NC(=O)NCC(C)Oc2ccccc2)c1. The number of para-hydroxylation sites is 1. The lowest BCUT2D eigenvalue weighted by Crippen LogP contribution is -2.44. The Kier molecular flexibility index (Phi) is 7.14. The molecular weight excluding hydrogens is 316 g/mol. The molecule has 0 bridgehead atoms. The molecule has 0 saturated heterocycles. The number of carbonyl (C=O) groups is 1. The van der Waals surface area contributed by atoms with Crippen LogP contribution in [0.25, 0.3) is 0 Å². The molecule has 0 aliphatic rings. The Morgan fingerprint density at radius 2 is 1.76 bits per heavy atom. The van der Waals surface area contributed by atoms with Gasteiger partial charge in [-0.3, -0.25) is 0 Å². The van der Waals surface area contributed by atoms with E-state index in [1.165, 1.54) is 0 Å². The summed E-state index contributed by atoms with van der Waals surface area (Å²) in [4.78, 5) is 12.0. The fourth-order valence-electron chi connectivity index (χ4n) is 2.49. The minimum atomic E-state index is -0.195. The van der Waals surface area contributed by atoms with Crippen molar-refractivity contribution in [3.8, 4) is 11.5 Å². The molecule has 0 heterocycles. The minimum Gasteiger partial charge on any atom is -0.497 e. The first-order valence-electron chi connectivity index (χ1n) is 8.46. The summed E-state index contributed by atoms with van der Waals surface area (Å²) in [5, 5.41) is 5.78. The van der Waals surface area contributed by atoms with Crippen LogP contribution < -0.4 is 20.1 Å². The second-order valence-electron chi connectivity index (χ2n) is 6.05. The van der Waals surface area contributed by atoms with E-state index in [-0.39, 0.29) is 18.2 Å². The van der Waals surface area contributed by atoms with E-state index in [4.69, 9.17) is 9.47 Å². The van der Waals surface area contributed by atoms with Crippen molar-refractivity contribution in [2.75, 3.05) is 13.7 Å². The molecule has 5 nitrogen and oxygen atoms in total. The summed E-state index contributed by atoms with van der Waals surface area (Å²) < 4.78 is 11.0. The first-order chi connectivity index (χ1) is 12.1. The molecule has 2 rings (SSSR count). The Bertz CT molecular complexity index is 661. The molecule has 2 aromatic rings. The quantitative estimate of drug-likeness (QED) is 0.773. The average molecular weight is 342 g/mol. The third-order valence-electron chi connectivity index (χ3n) is 3.68. The molecule has 0 radical (unpaired) electrons. The highest BCUT2D eigenvalue weighted by atomic mass is 16.5. The fraction of sp³-hybridized carbons (Fsp3) is 0.350. The molecule has 25 heavy (non-hydrogen) atoms. The highest BCUT2D eigenvalue weighted by molar-refractivity contribution is 5.74. The Balaban J connectivity index is 1.71. The number of rotatable bonds is 8. The lowest BCUT2D eigenvalue weighted by Gasteiger charge is -2.18. The first kappa shape index (κ1) is 18.6. The maximum absolute atomic E-state index is 12.0. The predicted molar refractivity (Wildman–Crippen MR) is 99.2 cm³/mol. The van der Waals surface area contributed by atoms with E-state index in [2.05, 4.69) is 10.6 Å².